The molecule has 1 aromatic heterocycles. The van der Waals surface area contributed by atoms with E-state index in [2.05, 4.69) is 4.99 Å². The molecule has 0 amide bonds. The van der Waals surface area contributed by atoms with Crippen LogP contribution in [0, 0.1) is 0 Å². The van der Waals surface area contributed by atoms with Crippen molar-refractivity contribution in [3.63, 3.8) is 0 Å². The van der Waals surface area contributed by atoms with E-state index in [1.54, 1.807) is 48.5 Å². The number of halogens is 4. The van der Waals surface area contributed by atoms with Crippen molar-refractivity contribution in [1.29, 1.82) is 0 Å². The van der Waals surface area contributed by atoms with Crippen LogP contribution in [0.2, 0.25) is 5.02 Å². The molecule has 0 unspecified atom stereocenters. The first-order valence-corrected chi connectivity index (χ1v) is 10.1. The minimum atomic E-state index is -4.51. The van der Waals surface area contributed by atoms with Crippen molar-refractivity contribution in [2.45, 2.75) is 12.8 Å². The summed E-state index contributed by atoms with van der Waals surface area (Å²) >= 11 is 5.87. The number of pyridine rings is 1. The minimum absolute atomic E-state index is 0.0345. The summed E-state index contributed by atoms with van der Waals surface area (Å²) in [5, 5.41) is 12.0. The number of fused-ring (bicyclic) bond motifs is 1. The summed E-state index contributed by atoms with van der Waals surface area (Å²) in [6.07, 6.45) is -3.31. The number of aromatic hydroxyl groups is 1. The smallest absolute Gasteiger partial charge is 0.416 e. The first kappa shape index (κ1) is 22.4. The number of rotatable bonds is 5. The number of hydrogen-bond acceptors (Lipinski definition) is 4. The minimum Gasteiger partial charge on any atom is -0.492 e. The maximum Gasteiger partial charge on any atom is 0.416 e. The summed E-state index contributed by atoms with van der Waals surface area (Å²) in [6, 6.07) is 17.7. The molecule has 0 aliphatic carbocycles. The van der Waals surface area contributed by atoms with Crippen LogP contribution >= 0.6 is 11.6 Å². The van der Waals surface area contributed by atoms with E-state index in [-0.39, 0.29) is 23.2 Å². The van der Waals surface area contributed by atoms with E-state index in [1.165, 1.54) is 18.3 Å². The summed E-state index contributed by atoms with van der Waals surface area (Å²) in [5.74, 6) is -0.525. The lowest BCUT2D eigenvalue weighted by atomic mass is 10.1. The molecule has 0 fully saturated rings. The summed E-state index contributed by atoms with van der Waals surface area (Å²) < 4.78 is 39.7. The number of benzene rings is 3. The maximum absolute atomic E-state index is 13.0. The van der Waals surface area contributed by atoms with Gasteiger partial charge in [-0.3, -0.25) is 9.79 Å². The Morgan fingerprint density at radius 1 is 1.00 bits per heavy atom. The van der Waals surface area contributed by atoms with Gasteiger partial charge < -0.3 is 9.94 Å². The standard InChI is InChI=1S/C24H16ClF3N2O3/c25-17-10-8-15(9-11-17)14-33-30-22(31)20-7-2-1-6-19(20)21(23(30)32)13-29-18-5-3-4-16(12-18)24(26,27)28/h1-13,32H,14H2. The number of hydrogen-bond donors (Lipinski definition) is 1. The monoisotopic (exact) mass is 472 g/mol. The molecular weight excluding hydrogens is 457 g/mol. The SMILES string of the molecule is O=c1c2ccccc2c(C=Nc2cccc(C(F)(F)F)c2)c(O)n1OCc1ccc(Cl)cc1. The number of nitrogens with zero attached hydrogens (tertiary/aromatic N) is 2. The van der Waals surface area contributed by atoms with E-state index in [9.17, 15) is 23.1 Å². The van der Waals surface area contributed by atoms with Gasteiger partial charge in [0, 0.05) is 16.6 Å². The van der Waals surface area contributed by atoms with Crippen LogP contribution in [0.25, 0.3) is 10.8 Å². The molecule has 0 radical (unpaired) electrons. The van der Waals surface area contributed by atoms with E-state index in [0.29, 0.717) is 16.0 Å². The van der Waals surface area contributed by atoms with E-state index in [4.69, 9.17) is 16.4 Å². The fourth-order valence-electron chi connectivity index (χ4n) is 3.21. The fraction of sp³-hybridized carbons (Fsp3) is 0.0833. The van der Waals surface area contributed by atoms with Gasteiger partial charge in [0.05, 0.1) is 22.2 Å². The molecule has 0 aliphatic rings. The van der Waals surface area contributed by atoms with Gasteiger partial charge in [-0.25, -0.2) is 0 Å². The second-order valence-corrected chi connectivity index (χ2v) is 7.53. The molecule has 0 aliphatic heterocycles. The molecule has 0 bridgehead atoms. The zero-order valence-corrected chi connectivity index (χ0v) is 17.6. The van der Waals surface area contributed by atoms with Crippen molar-refractivity contribution >= 4 is 34.3 Å². The molecule has 0 atom stereocenters. The van der Waals surface area contributed by atoms with Crippen LogP contribution in [0.15, 0.2) is 82.6 Å². The van der Waals surface area contributed by atoms with Crippen LogP contribution in [-0.2, 0) is 12.8 Å². The van der Waals surface area contributed by atoms with Gasteiger partial charge in [-0.05, 0) is 42.0 Å². The largest absolute Gasteiger partial charge is 0.492 e. The molecule has 5 nitrogen and oxygen atoms in total. The van der Waals surface area contributed by atoms with Gasteiger partial charge in [-0.1, -0.05) is 48.0 Å². The lowest BCUT2D eigenvalue weighted by Gasteiger charge is -2.14. The Labute approximate surface area is 190 Å². The predicted octanol–water partition coefficient (Wildman–Crippen LogP) is 5.76. The Balaban J connectivity index is 1.75. The van der Waals surface area contributed by atoms with Gasteiger partial charge in [0.1, 0.15) is 6.61 Å². The molecule has 33 heavy (non-hydrogen) atoms. The van der Waals surface area contributed by atoms with E-state index < -0.39 is 23.2 Å². The van der Waals surface area contributed by atoms with E-state index in [1.807, 2.05) is 0 Å². The Morgan fingerprint density at radius 2 is 1.70 bits per heavy atom. The quantitative estimate of drug-likeness (QED) is 0.376. The van der Waals surface area contributed by atoms with Crippen LogP contribution < -0.4 is 10.4 Å². The summed E-state index contributed by atoms with van der Waals surface area (Å²) in [4.78, 5) is 22.5. The number of aromatic nitrogens is 1. The van der Waals surface area contributed by atoms with Gasteiger partial charge in [0.25, 0.3) is 5.56 Å². The Kier molecular flexibility index (Phi) is 6.11. The summed E-state index contributed by atoms with van der Waals surface area (Å²) in [7, 11) is 0. The third kappa shape index (κ3) is 4.85. The van der Waals surface area contributed by atoms with E-state index in [0.717, 1.165) is 16.9 Å². The lowest BCUT2D eigenvalue weighted by molar-refractivity contribution is -0.137. The van der Waals surface area contributed by atoms with Gasteiger partial charge in [-0.2, -0.15) is 13.2 Å². The van der Waals surface area contributed by atoms with Crippen molar-refractivity contribution < 1.29 is 23.1 Å². The van der Waals surface area contributed by atoms with E-state index >= 15 is 0 Å². The predicted molar refractivity (Wildman–Crippen MR) is 120 cm³/mol. The zero-order chi connectivity index (χ0) is 23.6. The molecule has 3 aromatic carbocycles. The second kappa shape index (κ2) is 8.99. The van der Waals surface area contributed by atoms with Crippen LogP contribution in [0.4, 0.5) is 18.9 Å². The normalized spacial score (nSPS) is 11.9. The van der Waals surface area contributed by atoms with Crippen LogP contribution in [0.3, 0.4) is 0 Å². The Morgan fingerprint density at radius 3 is 2.39 bits per heavy atom. The molecule has 9 heteroatoms. The van der Waals surface area contributed by atoms with Crippen molar-refractivity contribution in [2.24, 2.45) is 4.99 Å². The number of alkyl halides is 3. The summed E-state index contributed by atoms with van der Waals surface area (Å²) in [6.45, 7) is -0.0345. The third-order valence-electron chi connectivity index (χ3n) is 4.86. The molecule has 4 rings (SSSR count). The molecule has 0 saturated heterocycles. The highest BCUT2D eigenvalue weighted by Crippen LogP contribution is 2.31. The molecular formula is C24H16ClF3N2O3. The summed E-state index contributed by atoms with van der Waals surface area (Å²) in [5.41, 5.74) is -0.569. The van der Waals surface area contributed by atoms with Gasteiger partial charge in [0.15, 0.2) is 0 Å². The van der Waals surface area contributed by atoms with Crippen molar-refractivity contribution in [2.75, 3.05) is 0 Å². The molecule has 1 heterocycles. The highest BCUT2D eigenvalue weighted by Gasteiger charge is 2.30. The van der Waals surface area contributed by atoms with Gasteiger partial charge in [0.2, 0.25) is 5.88 Å². The molecule has 4 aromatic rings. The highest BCUT2D eigenvalue weighted by molar-refractivity contribution is 6.30. The average Bonchev–Trinajstić information content (AvgIpc) is 2.80. The van der Waals surface area contributed by atoms with Crippen LogP contribution in [0.5, 0.6) is 5.88 Å². The van der Waals surface area contributed by atoms with Gasteiger partial charge >= 0.3 is 6.18 Å². The van der Waals surface area contributed by atoms with Crippen LogP contribution in [-0.4, -0.2) is 16.1 Å². The Bertz CT molecular complexity index is 1400. The topological polar surface area (TPSA) is 63.8 Å². The average molecular weight is 473 g/mol. The van der Waals surface area contributed by atoms with Crippen molar-refractivity contribution in [3.05, 3.63) is 105 Å². The number of aliphatic imine (C=N–C) groups is 1. The first-order valence-electron chi connectivity index (χ1n) is 9.70. The third-order valence-corrected chi connectivity index (χ3v) is 5.11. The van der Waals surface area contributed by atoms with Crippen molar-refractivity contribution in [1.82, 2.24) is 4.73 Å². The maximum atomic E-state index is 13.0. The second-order valence-electron chi connectivity index (χ2n) is 7.09. The Hall–Kier alpha value is -3.78. The van der Waals surface area contributed by atoms with Gasteiger partial charge in [-0.15, -0.1) is 4.73 Å². The molecule has 0 saturated carbocycles. The first-order chi connectivity index (χ1) is 15.7. The molecule has 1 N–H and O–H groups in total. The fourth-order valence-corrected chi connectivity index (χ4v) is 3.33. The highest BCUT2D eigenvalue weighted by atomic mass is 35.5. The zero-order valence-electron chi connectivity index (χ0n) is 16.9. The van der Waals surface area contributed by atoms with Crippen LogP contribution in [0.1, 0.15) is 16.7 Å². The van der Waals surface area contributed by atoms with Crippen molar-refractivity contribution in [3.8, 4) is 5.88 Å². The molecule has 168 valence electrons. The molecule has 0 spiro atoms. The lowest BCUT2D eigenvalue weighted by Crippen LogP contribution is -2.27.